The minimum atomic E-state index is 0.00812. The number of benzene rings is 6. The zero-order valence-electron chi connectivity index (χ0n) is 25.8. The van der Waals surface area contributed by atoms with Gasteiger partial charge in [0.15, 0.2) is 0 Å². The number of hydrogen-bond acceptors (Lipinski definition) is 0. The summed E-state index contributed by atoms with van der Waals surface area (Å²) in [4.78, 5) is 0. The molecule has 3 aliphatic carbocycles. The lowest BCUT2D eigenvalue weighted by molar-refractivity contribution is 0.361. The first kappa shape index (κ1) is 26.5. The summed E-state index contributed by atoms with van der Waals surface area (Å²) in [5.41, 5.74) is 13.9. The second kappa shape index (κ2) is 10.0. The van der Waals surface area contributed by atoms with Gasteiger partial charge in [-0.3, -0.25) is 0 Å². The summed E-state index contributed by atoms with van der Waals surface area (Å²) in [6.07, 6.45) is 9.41. The predicted octanol–water partition coefficient (Wildman–Crippen LogP) is 11.4. The second-order valence-electron chi connectivity index (χ2n) is 13.7. The van der Waals surface area contributed by atoms with E-state index in [0.717, 1.165) is 0 Å². The Morgan fingerprint density at radius 1 is 0.444 bits per heavy atom. The maximum Gasteiger partial charge on any atom is 0.0161 e. The van der Waals surface area contributed by atoms with E-state index in [0.29, 0.717) is 23.7 Å². The summed E-state index contributed by atoms with van der Waals surface area (Å²) in [6.45, 7) is 4.72. The molecule has 216 valence electrons. The minimum Gasteiger partial charge on any atom is -0.0799 e. The highest BCUT2D eigenvalue weighted by atomic mass is 14.4. The van der Waals surface area contributed by atoms with Gasteiger partial charge in [0.2, 0.25) is 0 Å². The average molecular weight is 577 g/mol. The van der Waals surface area contributed by atoms with Gasteiger partial charge in [-0.05, 0) is 96.4 Å². The molecule has 0 heterocycles. The van der Waals surface area contributed by atoms with Gasteiger partial charge in [0.25, 0.3) is 0 Å². The van der Waals surface area contributed by atoms with Gasteiger partial charge in [-0.15, -0.1) is 0 Å². The fourth-order valence-electron chi connectivity index (χ4n) is 8.77. The van der Waals surface area contributed by atoms with Gasteiger partial charge >= 0.3 is 0 Å². The van der Waals surface area contributed by atoms with Crippen molar-refractivity contribution in [2.45, 2.75) is 31.1 Å². The van der Waals surface area contributed by atoms with E-state index in [4.69, 9.17) is 0 Å². The van der Waals surface area contributed by atoms with Gasteiger partial charge in [-0.25, -0.2) is 0 Å². The van der Waals surface area contributed by atoms with E-state index in [1.807, 2.05) is 0 Å². The van der Waals surface area contributed by atoms with Crippen LogP contribution in [-0.2, 0) is 5.41 Å². The van der Waals surface area contributed by atoms with E-state index < -0.39 is 0 Å². The Bertz CT molecular complexity index is 2140. The lowest BCUT2D eigenvalue weighted by Gasteiger charge is -2.44. The summed E-state index contributed by atoms with van der Waals surface area (Å²) in [7, 11) is 0. The highest BCUT2D eigenvalue weighted by Crippen LogP contribution is 2.54. The van der Waals surface area contributed by atoms with E-state index in [1.165, 1.54) is 66.4 Å². The third kappa shape index (κ3) is 4.05. The first-order valence-electron chi connectivity index (χ1n) is 16.4. The summed E-state index contributed by atoms with van der Waals surface area (Å²) in [6, 6.07) is 50.4. The topological polar surface area (TPSA) is 0 Å². The van der Waals surface area contributed by atoms with Crippen LogP contribution in [0.4, 0.5) is 0 Å². The third-order valence-corrected chi connectivity index (χ3v) is 11.0. The number of fused-ring (bicyclic) bond motifs is 6. The zero-order valence-corrected chi connectivity index (χ0v) is 25.8. The van der Waals surface area contributed by atoms with Crippen LogP contribution in [0, 0.1) is 11.8 Å². The van der Waals surface area contributed by atoms with Crippen LogP contribution < -0.4 is 0 Å². The Labute approximate surface area is 266 Å². The molecule has 0 aliphatic heterocycles. The molecule has 3 aliphatic rings. The van der Waals surface area contributed by atoms with Crippen LogP contribution in [-0.4, -0.2) is 0 Å². The van der Waals surface area contributed by atoms with Crippen LogP contribution >= 0.6 is 0 Å². The molecular weight excluding hydrogens is 540 g/mol. The molecule has 0 radical (unpaired) electrons. The Hall–Kier alpha value is -4.94. The molecule has 4 unspecified atom stereocenters. The molecule has 6 aromatic rings. The highest BCUT2D eigenvalue weighted by molar-refractivity contribution is 5.95. The average Bonchev–Trinajstić information content (AvgIpc) is 3.31. The van der Waals surface area contributed by atoms with Crippen molar-refractivity contribution in [1.82, 2.24) is 0 Å². The van der Waals surface area contributed by atoms with Gasteiger partial charge in [-0.1, -0.05) is 153 Å². The highest BCUT2D eigenvalue weighted by Gasteiger charge is 2.42. The Balaban J connectivity index is 1.10. The van der Waals surface area contributed by atoms with Gasteiger partial charge in [-0.2, -0.15) is 0 Å². The normalized spacial score (nSPS) is 22.0. The fraction of sp³-hybridized carbons (Fsp3) is 0.156. The van der Waals surface area contributed by atoms with Crippen molar-refractivity contribution in [3.05, 3.63) is 191 Å². The lowest BCUT2D eigenvalue weighted by atomic mass is 9.59. The van der Waals surface area contributed by atoms with Crippen LogP contribution in [0.3, 0.4) is 0 Å². The number of allylic oxidation sites excluding steroid dienone is 4. The lowest BCUT2D eigenvalue weighted by Crippen LogP contribution is -2.33. The molecule has 6 aromatic carbocycles. The maximum absolute atomic E-state index is 2.46. The van der Waals surface area contributed by atoms with Crippen LogP contribution in [0.1, 0.15) is 59.1 Å². The van der Waals surface area contributed by atoms with E-state index in [9.17, 15) is 0 Å². The van der Waals surface area contributed by atoms with Crippen molar-refractivity contribution < 1.29 is 0 Å². The van der Waals surface area contributed by atoms with Gasteiger partial charge in [0.05, 0.1) is 0 Å². The van der Waals surface area contributed by atoms with Crippen LogP contribution in [0.5, 0.6) is 0 Å². The van der Waals surface area contributed by atoms with Crippen molar-refractivity contribution >= 4 is 10.8 Å². The molecule has 0 amide bonds. The molecule has 0 nitrogen and oxygen atoms in total. The van der Waals surface area contributed by atoms with E-state index in [1.54, 1.807) is 0 Å². The predicted molar refractivity (Wildman–Crippen MR) is 189 cm³/mol. The number of rotatable bonds is 3. The minimum absolute atomic E-state index is 0.00812. The molecule has 0 bridgehead atoms. The van der Waals surface area contributed by atoms with Crippen molar-refractivity contribution in [2.24, 2.45) is 11.8 Å². The molecule has 0 saturated heterocycles. The largest absolute Gasteiger partial charge is 0.0799 e. The fourth-order valence-corrected chi connectivity index (χ4v) is 8.77. The molecular formula is C45H36. The zero-order chi connectivity index (χ0) is 30.1. The van der Waals surface area contributed by atoms with E-state index in [2.05, 4.69) is 172 Å². The third-order valence-electron chi connectivity index (χ3n) is 11.0. The Morgan fingerprint density at radius 2 is 1.04 bits per heavy atom. The Morgan fingerprint density at radius 3 is 1.76 bits per heavy atom. The smallest absolute Gasteiger partial charge is 0.0161 e. The molecule has 0 N–H and O–H groups in total. The summed E-state index contributed by atoms with van der Waals surface area (Å²) >= 11 is 0. The molecule has 4 atom stereocenters. The monoisotopic (exact) mass is 576 g/mol. The molecule has 0 saturated carbocycles. The number of hydrogen-bond donors (Lipinski definition) is 0. The molecule has 0 fully saturated rings. The van der Waals surface area contributed by atoms with E-state index in [-0.39, 0.29) is 5.41 Å². The quantitative estimate of drug-likeness (QED) is 0.197. The first-order chi connectivity index (χ1) is 22.1. The maximum atomic E-state index is 2.46. The van der Waals surface area contributed by atoms with Crippen LogP contribution in [0.15, 0.2) is 158 Å². The van der Waals surface area contributed by atoms with E-state index >= 15 is 0 Å². The second-order valence-corrected chi connectivity index (χ2v) is 13.7. The van der Waals surface area contributed by atoms with Crippen molar-refractivity contribution in [3.63, 3.8) is 0 Å². The SMILES string of the molecule is CC1(C)c2ccccc2-c2cc3ccc(-c4ccc(C5c6ccccc6C(c6ccccc6)C6C=CC=CC56)cc4)cc3cc21. The molecule has 0 heteroatoms. The van der Waals surface area contributed by atoms with Gasteiger partial charge < -0.3 is 0 Å². The van der Waals surface area contributed by atoms with Crippen molar-refractivity contribution in [3.8, 4) is 22.3 Å². The molecule has 0 spiro atoms. The van der Waals surface area contributed by atoms with Gasteiger partial charge in [0.1, 0.15) is 0 Å². The standard InChI is InChI=1S/C45H36/c1-45(2)41-19-11-10-14-35(41)40-27-33-25-24-32(26-34(33)28-42(40)45)29-20-22-31(23-21-29)44-38-17-8-6-15-36(38)43(30-12-4-3-5-13-30)37-16-7-9-18-39(37)44/h3-28,36,38,43-44H,1-2H3. The van der Waals surface area contributed by atoms with Crippen LogP contribution in [0.2, 0.25) is 0 Å². The Kier molecular flexibility index (Phi) is 5.91. The van der Waals surface area contributed by atoms with Crippen molar-refractivity contribution in [1.29, 1.82) is 0 Å². The van der Waals surface area contributed by atoms with Gasteiger partial charge in [0, 0.05) is 17.3 Å². The molecule has 9 rings (SSSR count). The first-order valence-corrected chi connectivity index (χ1v) is 16.4. The molecule has 0 aromatic heterocycles. The summed E-state index contributed by atoms with van der Waals surface area (Å²) in [5, 5.41) is 2.61. The van der Waals surface area contributed by atoms with Crippen LogP contribution in [0.25, 0.3) is 33.0 Å². The molecule has 45 heavy (non-hydrogen) atoms. The summed E-state index contributed by atoms with van der Waals surface area (Å²) < 4.78 is 0. The summed E-state index contributed by atoms with van der Waals surface area (Å²) in [5.74, 6) is 1.52. The van der Waals surface area contributed by atoms with Crippen molar-refractivity contribution in [2.75, 3.05) is 0 Å².